The number of ether oxygens (including phenoxy) is 3. The number of nitrogens with zero attached hydrogens (tertiary/aromatic N) is 6. The van der Waals surface area contributed by atoms with Crippen LogP contribution in [0.4, 0.5) is 11.9 Å². The van der Waals surface area contributed by atoms with E-state index in [4.69, 9.17) is 30.2 Å². The molecule has 4 aromatic heterocycles. The van der Waals surface area contributed by atoms with E-state index in [9.17, 15) is 58.2 Å². The van der Waals surface area contributed by atoms with Gasteiger partial charge < -0.3 is 65.1 Å². The lowest BCUT2D eigenvalue weighted by Crippen LogP contribution is -2.47. The molecule has 13 N–H and O–H groups in total. The van der Waals surface area contributed by atoms with Gasteiger partial charge in [-0.05, 0) is 11.8 Å². The maximum absolute atomic E-state index is 12.6. The lowest BCUT2D eigenvalue weighted by Gasteiger charge is -2.23. The summed E-state index contributed by atoms with van der Waals surface area (Å²) in [5.41, 5.74) is 9.61. The minimum Gasteiger partial charge on any atom is -0.387 e. The van der Waals surface area contributed by atoms with Crippen molar-refractivity contribution in [2.24, 2.45) is 7.05 Å². The second kappa shape index (κ2) is 15.9. The fourth-order valence-corrected chi connectivity index (χ4v) is 11.7. The number of anilines is 2. The van der Waals surface area contributed by atoms with Gasteiger partial charge in [0.2, 0.25) is 17.7 Å². The number of nitrogens with two attached hydrogens (primary N) is 2. The van der Waals surface area contributed by atoms with Crippen molar-refractivity contribution < 1.29 is 89.3 Å². The average molecular weight is 914 g/mol. The van der Waals surface area contributed by atoms with Crippen molar-refractivity contribution >= 4 is 76.2 Å². The number of methoxy groups -OCH3 is 1. The summed E-state index contributed by atoms with van der Waals surface area (Å²) in [6, 6.07) is 0. The summed E-state index contributed by atoms with van der Waals surface area (Å²) in [5, 5.41) is 31.9. The molecule has 12 atom stereocenters. The Kier molecular flexibility index (Phi) is 12.2. The summed E-state index contributed by atoms with van der Waals surface area (Å²) < 4.78 is 79.8. The van der Waals surface area contributed by atoms with Crippen molar-refractivity contribution in [3.05, 3.63) is 33.4 Å². The molecule has 6 heterocycles. The number of rotatable bonds is 15. The van der Waals surface area contributed by atoms with Crippen LogP contribution in [0.2, 0.25) is 0 Å². The third kappa shape index (κ3) is 9.28. The number of aromatic amines is 2. The molecular weight excluding hydrogens is 880 g/mol. The highest BCUT2D eigenvalue weighted by molar-refractivity contribution is 8.08. The van der Waals surface area contributed by atoms with E-state index in [2.05, 4.69) is 54.2 Å². The van der Waals surface area contributed by atoms with E-state index >= 15 is 0 Å². The van der Waals surface area contributed by atoms with Crippen LogP contribution in [0.15, 0.2) is 22.2 Å². The molecule has 35 heteroatoms. The predicted molar refractivity (Wildman–Crippen MR) is 186 cm³/mol. The van der Waals surface area contributed by atoms with Crippen molar-refractivity contribution in [3.63, 3.8) is 0 Å². The molecule has 2 fully saturated rings. The molecular formula is C22H33N10O20P4S+. The molecule has 57 heavy (non-hydrogen) atoms. The molecule has 0 bridgehead atoms. The molecule has 0 amide bonds. The molecule has 0 aromatic carbocycles. The summed E-state index contributed by atoms with van der Waals surface area (Å²) in [5.74, 6) is -0.558. The van der Waals surface area contributed by atoms with Crippen molar-refractivity contribution in [2.45, 2.75) is 49.1 Å². The van der Waals surface area contributed by atoms with E-state index < -0.39 is 104 Å². The smallest absolute Gasteiger partial charge is 0.387 e. The van der Waals surface area contributed by atoms with Gasteiger partial charge in [-0.1, -0.05) is 4.98 Å². The lowest BCUT2D eigenvalue weighted by atomic mass is 10.1. The molecule has 6 rings (SSSR count). The summed E-state index contributed by atoms with van der Waals surface area (Å²) in [7, 11) is -15.2. The first-order chi connectivity index (χ1) is 26.4. The van der Waals surface area contributed by atoms with E-state index in [0.717, 1.165) is 10.9 Å². The van der Waals surface area contributed by atoms with Gasteiger partial charge in [0.1, 0.15) is 36.6 Å². The van der Waals surface area contributed by atoms with Gasteiger partial charge in [-0.25, -0.2) is 27.6 Å². The van der Waals surface area contributed by atoms with Gasteiger partial charge in [0.25, 0.3) is 17.1 Å². The van der Waals surface area contributed by atoms with Crippen molar-refractivity contribution in [3.8, 4) is 0 Å². The highest BCUT2D eigenvalue weighted by Crippen LogP contribution is 2.71. The van der Waals surface area contributed by atoms with Crippen LogP contribution in [-0.2, 0) is 68.7 Å². The maximum atomic E-state index is 12.6. The largest absolute Gasteiger partial charge is 0.490 e. The lowest BCUT2D eigenvalue weighted by molar-refractivity contribution is -0.746. The first kappa shape index (κ1) is 43.6. The Morgan fingerprint density at radius 3 is 2.16 bits per heavy atom. The molecule has 2 aliphatic rings. The Hall–Kier alpha value is -2.96. The van der Waals surface area contributed by atoms with Crippen LogP contribution in [0.5, 0.6) is 0 Å². The third-order valence-electron chi connectivity index (χ3n) is 8.13. The number of nitrogens with one attached hydrogen (secondary N) is 2. The Balaban J connectivity index is 1.04. The Bertz CT molecular complexity index is 2500. The SMILES string of the molecule is CO[C@@H]1[C@H](O)[C@@H](COP(=O)(O)OP(=O)(O)OP(=O)(O)OP(O)(=S)OC[C@H]2O[C@@H](n3cnc4c(=O)[nH]c(N)nc43)[C@H](O)[C@@H]2O)O[C@H]1[n+]1cn(C)c2c(=O)[nH]c(N)nc21. The summed E-state index contributed by atoms with van der Waals surface area (Å²) in [6.07, 6.45) is -9.75. The number of phosphoric acid groups is 3. The Morgan fingerprint density at radius 2 is 1.47 bits per heavy atom. The molecule has 316 valence electrons. The molecule has 0 saturated carbocycles. The molecule has 0 aliphatic carbocycles. The predicted octanol–water partition coefficient (Wildman–Crippen LogP) is -3.66. The quantitative estimate of drug-likeness (QED) is 0.0404. The van der Waals surface area contributed by atoms with Gasteiger partial charge in [-0.15, -0.1) is 0 Å². The zero-order chi connectivity index (χ0) is 42.0. The fourth-order valence-electron chi connectivity index (χ4n) is 5.82. The highest BCUT2D eigenvalue weighted by atomic mass is 32.5. The number of aryl methyl sites for hydroxylation is 1. The zero-order valence-electron chi connectivity index (χ0n) is 28.7. The molecule has 2 saturated heterocycles. The van der Waals surface area contributed by atoms with Crippen molar-refractivity contribution in [1.29, 1.82) is 0 Å². The van der Waals surface area contributed by atoms with Crippen LogP contribution in [0.3, 0.4) is 0 Å². The molecule has 2 aliphatic heterocycles. The van der Waals surface area contributed by atoms with E-state index in [1.165, 1.54) is 29.6 Å². The van der Waals surface area contributed by atoms with Crippen molar-refractivity contribution in [1.82, 2.24) is 34.1 Å². The monoisotopic (exact) mass is 913 g/mol. The Labute approximate surface area is 320 Å². The van der Waals surface area contributed by atoms with E-state index in [1.807, 2.05) is 0 Å². The number of H-pyrrole nitrogens is 2. The topological polar surface area (TPSA) is 437 Å². The average Bonchev–Trinajstić information content (AvgIpc) is 3.80. The standard InChI is InChI=1S/C22H32N10O20P4S/c1-30-6-32(16-10(30)18(37)29-22(24)27-16)20-14(45-2)12(34)8(49-20)3-46-53(38,39)50-54(40,41)51-55(42,43)52-56(44,57)47-4-7-11(33)13(35)19(48-7)31-5-25-9-15(31)26-21(23)28-17(9)36/h5-8,11-14,19-20,33-35H,3-4H2,1-2H3,(H9-,23,24,26,27,28,29,36,37,38,39,40,41,42,43,44,57)/p+1/t7-,8-,11-,12-,13-,14-,19-,20-,56?/m1/s1. The first-order valence-corrected chi connectivity index (χ1v) is 22.6. The number of hydrogen-bond acceptors (Lipinski definition) is 22. The number of phosphoric ester groups is 1. The maximum Gasteiger partial charge on any atom is 0.490 e. The van der Waals surface area contributed by atoms with Gasteiger partial charge in [0.05, 0.1) is 26.6 Å². The number of fused-ring (bicyclic) bond motifs is 2. The number of nitrogen functional groups attached to an aromatic ring is 2. The molecule has 0 spiro atoms. The van der Waals surface area contributed by atoms with E-state index in [0.29, 0.717) is 0 Å². The molecule has 4 aromatic rings. The number of aliphatic hydroxyl groups excluding tert-OH is 3. The van der Waals surface area contributed by atoms with Crippen LogP contribution >= 0.6 is 30.2 Å². The van der Waals surface area contributed by atoms with Gasteiger partial charge in [0, 0.05) is 7.11 Å². The number of hydrogen-bond donors (Lipinski definition) is 11. The second-order valence-corrected chi connectivity index (χ2v) is 19.7. The molecule has 4 unspecified atom stereocenters. The normalized spacial score (nSPS) is 29.6. The van der Waals surface area contributed by atoms with Gasteiger partial charge in [0.15, 0.2) is 23.7 Å². The fraction of sp³-hybridized carbons (Fsp3) is 0.545. The summed E-state index contributed by atoms with van der Waals surface area (Å²) in [6.45, 7) is -6.99. The first-order valence-electron chi connectivity index (χ1n) is 15.5. The number of aliphatic hydroxyl groups is 3. The minimum atomic E-state index is -6.14. The van der Waals surface area contributed by atoms with Crippen LogP contribution < -0.4 is 27.2 Å². The third-order valence-corrected chi connectivity index (χ3v) is 15.0. The summed E-state index contributed by atoms with van der Waals surface area (Å²) in [4.78, 5) is 81.5. The van der Waals surface area contributed by atoms with Crippen LogP contribution in [0, 0.1) is 0 Å². The minimum absolute atomic E-state index is 0.00346. The number of aromatic nitrogens is 8. The Morgan fingerprint density at radius 1 is 0.877 bits per heavy atom. The number of imidazole rings is 2. The van der Waals surface area contributed by atoms with E-state index in [1.54, 1.807) is 0 Å². The van der Waals surface area contributed by atoms with Crippen molar-refractivity contribution in [2.75, 3.05) is 31.8 Å². The van der Waals surface area contributed by atoms with Crippen LogP contribution in [-0.4, -0.2) is 126 Å². The van der Waals surface area contributed by atoms with Crippen LogP contribution in [0.1, 0.15) is 12.5 Å². The van der Waals surface area contributed by atoms with Gasteiger partial charge >= 0.3 is 35.8 Å². The highest BCUT2D eigenvalue weighted by Gasteiger charge is 2.51. The van der Waals surface area contributed by atoms with Crippen LogP contribution in [0.25, 0.3) is 22.3 Å². The molecule has 0 radical (unpaired) electrons. The summed E-state index contributed by atoms with van der Waals surface area (Å²) >= 11 is 4.63. The van der Waals surface area contributed by atoms with E-state index in [-0.39, 0.29) is 34.2 Å². The van der Waals surface area contributed by atoms with Gasteiger partial charge in [-0.2, -0.15) is 13.6 Å². The van der Waals surface area contributed by atoms with Gasteiger partial charge in [-0.3, -0.25) is 33.2 Å². The molecule has 30 nitrogen and oxygen atoms in total. The second-order valence-electron chi connectivity index (χ2n) is 12.0. The zero-order valence-corrected chi connectivity index (χ0v) is 33.1.